The predicted octanol–water partition coefficient (Wildman–Crippen LogP) is 1.81. The fraction of sp³-hybridized carbons (Fsp3) is 0. The normalized spacial score (nSPS) is 10.0. The molecule has 0 saturated heterocycles. The molecule has 0 spiro atoms. The number of carboxylic acids is 1. The average Bonchev–Trinajstić information content (AvgIpc) is 2.81. The van der Waals surface area contributed by atoms with E-state index in [0.29, 0.717) is 11.4 Å². The molecule has 2 aromatic rings. The number of amides is 1. The molecule has 1 aromatic carbocycles. The van der Waals surface area contributed by atoms with E-state index in [9.17, 15) is 9.59 Å². The molecule has 1 aromatic heterocycles. The maximum Gasteiger partial charge on any atom is 0.371 e. The maximum atomic E-state index is 11.7. The average molecular weight is 246 g/mol. The number of hydrogen-bond acceptors (Lipinski definition) is 4. The summed E-state index contributed by atoms with van der Waals surface area (Å²) in [6, 6.07) is 9.23. The number of aromatic carboxylic acids is 1. The Bertz CT molecular complexity index is 604. The van der Waals surface area contributed by atoms with Gasteiger partial charge < -0.3 is 20.6 Å². The van der Waals surface area contributed by atoms with Gasteiger partial charge in [0.1, 0.15) is 0 Å². The van der Waals surface area contributed by atoms with Crippen molar-refractivity contribution in [2.24, 2.45) is 0 Å². The number of nitrogen functional groups attached to an aromatic ring is 1. The quantitative estimate of drug-likeness (QED) is 0.716. The second-order valence-corrected chi connectivity index (χ2v) is 3.51. The van der Waals surface area contributed by atoms with E-state index in [-0.39, 0.29) is 11.5 Å². The number of carbonyl (C=O) groups excluding carboxylic acids is 1. The van der Waals surface area contributed by atoms with Gasteiger partial charge in [-0.2, -0.15) is 0 Å². The smallest absolute Gasteiger partial charge is 0.371 e. The number of rotatable bonds is 3. The summed E-state index contributed by atoms with van der Waals surface area (Å²) >= 11 is 0. The van der Waals surface area contributed by atoms with Crippen LogP contribution in [0.3, 0.4) is 0 Å². The predicted molar refractivity (Wildman–Crippen MR) is 64.5 cm³/mol. The summed E-state index contributed by atoms with van der Waals surface area (Å²) in [6.45, 7) is 0. The summed E-state index contributed by atoms with van der Waals surface area (Å²) in [7, 11) is 0. The highest BCUT2D eigenvalue weighted by atomic mass is 16.4. The number of nitrogens with two attached hydrogens (primary N) is 1. The number of carboxylic acid groups (broad SMARTS) is 1. The summed E-state index contributed by atoms with van der Waals surface area (Å²) in [5, 5.41) is 11.2. The van der Waals surface area contributed by atoms with Crippen LogP contribution in [0.1, 0.15) is 21.1 Å². The van der Waals surface area contributed by atoms with Gasteiger partial charge in [0.25, 0.3) is 5.91 Å². The molecule has 0 radical (unpaired) electrons. The molecule has 0 bridgehead atoms. The van der Waals surface area contributed by atoms with Crippen LogP contribution in [0.15, 0.2) is 40.8 Å². The van der Waals surface area contributed by atoms with E-state index in [2.05, 4.69) is 5.32 Å². The first-order chi connectivity index (χ1) is 8.58. The number of anilines is 2. The number of para-hydroxylation sites is 2. The Morgan fingerprint density at radius 2 is 1.78 bits per heavy atom. The van der Waals surface area contributed by atoms with E-state index in [1.165, 1.54) is 12.1 Å². The van der Waals surface area contributed by atoms with Gasteiger partial charge in [-0.05, 0) is 24.3 Å². The molecule has 4 N–H and O–H groups in total. The van der Waals surface area contributed by atoms with E-state index >= 15 is 0 Å². The van der Waals surface area contributed by atoms with Crippen molar-refractivity contribution in [3.8, 4) is 0 Å². The summed E-state index contributed by atoms with van der Waals surface area (Å²) < 4.78 is 4.87. The van der Waals surface area contributed by atoms with Crippen LogP contribution in [-0.4, -0.2) is 17.0 Å². The second kappa shape index (κ2) is 4.62. The van der Waals surface area contributed by atoms with Gasteiger partial charge >= 0.3 is 5.97 Å². The van der Waals surface area contributed by atoms with Crippen molar-refractivity contribution >= 4 is 23.3 Å². The van der Waals surface area contributed by atoms with Gasteiger partial charge in [0.2, 0.25) is 5.76 Å². The Balaban J connectivity index is 2.17. The minimum Gasteiger partial charge on any atom is -0.475 e. The third-order valence-electron chi connectivity index (χ3n) is 2.25. The van der Waals surface area contributed by atoms with Crippen molar-refractivity contribution in [3.63, 3.8) is 0 Å². The highest BCUT2D eigenvalue weighted by molar-refractivity contribution is 6.04. The van der Waals surface area contributed by atoms with Crippen molar-refractivity contribution in [2.75, 3.05) is 11.1 Å². The number of benzene rings is 1. The molecule has 0 aliphatic rings. The summed E-state index contributed by atoms with van der Waals surface area (Å²) in [4.78, 5) is 22.4. The third kappa shape index (κ3) is 2.32. The molecular formula is C12H10N2O4. The molecule has 92 valence electrons. The molecular weight excluding hydrogens is 236 g/mol. The molecule has 18 heavy (non-hydrogen) atoms. The zero-order chi connectivity index (χ0) is 13.1. The Kier molecular flexibility index (Phi) is 3.01. The topological polar surface area (TPSA) is 106 Å². The molecule has 0 aliphatic heterocycles. The van der Waals surface area contributed by atoms with Crippen LogP contribution in [-0.2, 0) is 0 Å². The van der Waals surface area contributed by atoms with Crippen molar-refractivity contribution in [1.82, 2.24) is 0 Å². The first-order valence-electron chi connectivity index (χ1n) is 5.07. The molecule has 0 atom stereocenters. The van der Waals surface area contributed by atoms with Gasteiger partial charge in [-0.25, -0.2) is 4.79 Å². The Hall–Kier alpha value is -2.76. The van der Waals surface area contributed by atoms with Crippen LogP contribution in [0.4, 0.5) is 11.4 Å². The van der Waals surface area contributed by atoms with Crippen LogP contribution in [0.5, 0.6) is 0 Å². The summed E-state index contributed by atoms with van der Waals surface area (Å²) in [5.41, 5.74) is 6.51. The minimum atomic E-state index is -1.23. The van der Waals surface area contributed by atoms with Crippen LogP contribution in [0.25, 0.3) is 0 Å². The molecule has 6 nitrogen and oxygen atoms in total. The molecule has 0 fully saturated rings. The summed E-state index contributed by atoms with van der Waals surface area (Å²) in [6.07, 6.45) is 0. The first-order valence-corrected chi connectivity index (χ1v) is 5.07. The number of nitrogens with one attached hydrogen (secondary N) is 1. The fourth-order valence-electron chi connectivity index (χ4n) is 1.37. The minimum absolute atomic E-state index is 0.0874. The number of carbonyl (C=O) groups is 2. The van der Waals surface area contributed by atoms with E-state index < -0.39 is 11.9 Å². The third-order valence-corrected chi connectivity index (χ3v) is 2.25. The lowest BCUT2D eigenvalue weighted by Gasteiger charge is -2.05. The first kappa shape index (κ1) is 11.7. The Morgan fingerprint density at radius 3 is 2.39 bits per heavy atom. The van der Waals surface area contributed by atoms with Crippen molar-refractivity contribution < 1.29 is 19.1 Å². The van der Waals surface area contributed by atoms with Gasteiger partial charge in [0.15, 0.2) is 5.76 Å². The molecule has 1 heterocycles. The van der Waals surface area contributed by atoms with Crippen LogP contribution < -0.4 is 11.1 Å². The van der Waals surface area contributed by atoms with Crippen molar-refractivity contribution in [3.05, 3.63) is 47.9 Å². The van der Waals surface area contributed by atoms with E-state index in [0.717, 1.165) is 0 Å². The largest absolute Gasteiger partial charge is 0.475 e. The second-order valence-electron chi connectivity index (χ2n) is 3.51. The monoisotopic (exact) mass is 246 g/mol. The lowest BCUT2D eigenvalue weighted by Crippen LogP contribution is -2.12. The lowest BCUT2D eigenvalue weighted by molar-refractivity contribution is 0.0660. The molecule has 6 heteroatoms. The SMILES string of the molecule is Nc1ccccc1NC(=O)c1ccc(C(=O)O)o1. The Morgan fingerprint density at radius 1 is 1.11 bits per heavy atom. The highest BCUT2D eigenvalue weighted by Gasteiger charge is 2.15. The molecule has 0 saturated carbocycles. The van der Waals surface area contributed by atoms with Crippen LogP contribution >= 0.6 is 0 Å². The van der Waals surface area contributed by atoms with E-state index in [1.54, 1.807) is 24.3 Å². The summed E-state index contributed by atoms with van der Waals surface area (Å²) in [5.74, 6) is -2.16. The number of furan rings is 1. The standard InChI is InChI=1S/C12H10N2O4/c13-7-3-1-2-4-8(7)14-11(15)9-5-6-10(18-9)12(16)17/h1-6H,13H2,(H,14,15)(H,16,17). The van der Waals surface area contributed by atoms with Gasteiger partial charge in [-0.15, -0.1) is 0 Å². The maximum absolute atomic E-state index is 11.7. The zero-order valence-corrected chi connectivity index (χ0v) is 9.21. The van der Waals surface area contributed by atoms with E-state index in [1.807, 2.05) is 0 Å². The van der Waals surface area contributed by atoms with Gasteiger partial charge in [-0.1, -0.05) is 12.1 Å². The van der Waals surface area contributed by atoms with Gasteiger partial charge in [0.05, 0.1) is 11.4 Å². The molecule has 0 unspecified atom stereocenters. The number of hydrogen-bond donors (Lipinski definition) is 3. The van der Waals surface area contributed by atoms with Gasteiger partial charge in [0, 0.05) is 0 Å². The Labute approximate surface area is 102 Å². The van der Waals surface area contributed by atoms with Crippen molar-refractivity contribution in [2.45, 2.75) is 0 Å². The van der Waals surface area contributed by atoms with Gasteiger partial charge in [-0.3, -0.25) is 4.79 Å². The highest BCUT2D eigenvalue weighted by Crippen LogP contribution is 2.18. The van der Waals surface area contributed by atoms with Crippen LogP contribution in [0, 0.1) is 0 Å². The fourth-order valence-corrected chi connectivity index (χ4v) is 1.37. The van der Waals surface area contributed by atoms with Crippen LogP contribution in [0.2, 0.25) is 0 Å². The lowest BCUT2D eigenvalue weighted by atomic mass is 10.2. The zero-order valence-electron chi connectivity index (χ0n) is 9.21. The molecule has 0 aliphatic carbocycles. The van der Waals surface area contributed by atoms with E-state index in [4.69, 9.17) is 15.3 Å². The molecule has 2 rings (SSSR count). The molecule has 1 amide bonds. The van der Waals surface area contributed by atoms with Crippen molar-refractivity contribution in [1.29, 1.82) is 0 Å².